The molecule has 1 fully saturated rings. The number of carbonyl (C=O) groups excluding carboxylic acids is 1. The van der Waals surface area contributed by atoms with Crippen molar-refractivity contribution >= 4 is 27.3 Å². The number of anilines is 1. The molecule has 8 nitrogen and oxygen atoms in total. The first-order valence-corrected chi connectivity index (χ1v) is 9.83. The molecule has 2 aromatic heterocycles. The summed E-state index contributed by atoms with van der Waals surface area (Å²) in [7, 11) is -3.27. The van der Waals surface area contributed by atoms with Gasteiger partial charge < -0.3 is 5.32 Å². The Bertz CT molecular complexity index is 1080. The van der Waals surface area contributed by atoms with Crippen LogP contribution in [-0.2, 0) is 16.6 Å². The third-order valence-corrected chi connectivity index (χ3v) is 6.16. The second-order valence-corrected chi connectivity index (χ2v) is 8.03. The monoisotopic (exact) mass is 371 g/mol. The topological polar surface area (TPSA) is 96.7 Å². The summed E-state index contributed by atoms with van der Waals surface area (Å²) in [6, 6.07) is 12.2. The fourth-order valence-electron chi connectivity index (χ4n) is 3.00. The summed E-state index contributed by atoms with van der Waals surface area (Å²) < 4.78 is 27.3. The first-order valence-electron chi connectivity index (χ1n) is 8.22. The lowest BCUT2D eigenvalue weighted by atomic mass is 10.2. The summed E-state index contributed by atoms with van der Waals surface area (Å²) in [4.78, 5) is 12.5. The van der Waals surface area contributed by atoms with E-state index in [1.54, 1.807) is 28.7 Å². The van der Waals surface area contributed by atoms with Gasteiger partial charge in [0.15, 0.2) is 11.5 Å². The van der Waals surface area contributed by atoms with Crippen LogP contribution in [0.5, 0.6) is 0 Å². The maximum Gasteiger partial charge on any atom is 0.251 e. The molecule has 26 heavy (non-hydrogen) atoms. The van der Waals surface area contributed by atoms with E-state index >= 15 is 0 Å². The number of hydrogen-bond donors (Lipinski definition) is 1. The van der Waals surface area contributed by atoms with Gasteiger partial charge >= 0.3 is 0 Å². The molecule has 3 aromatic rings. The molecule has 9 heteroatoms. The van der Waals surface area contributed by atoms with Crippen LogP contribution in [0.3, 0.4) is 0 Å². The smallest absolute Gasteiger partial charge is 0.251 e. The lowest BCUT2D eigenvalue weighted by Gasteiger charge is -2.17. The van der Waals surface area contributed by atoms with Gasteiger partial charge in [-0.15, -0.1) is 10.2 Å². The summed E-state index contributed by atoms with van der Waals surface area (Å²) in [6.45, 7) is 0.662. The number of benzene rings is 1. The Morgan fingerprint density at radius 2 is 2.04 bits per heavy atom. The number of sulfonamides is 1. The Balaban J connectivity index is 1.51. The molecular formula is C17H17N5O3S. The summed E-state index contributed by atoms with van der Waals surface area (Å²) in [5, 5.41) is 10.9. The number of amides is 1. The van der Waals surface area contributed by atoms with E-state index in [4.69, 9.17) is 0 Å². The van der Waals surface area contributed by atoms with Gasteiger partial charge in [0, 0.05) is 18.3 Å². The van der Waals surface area contributed by atoms with Gasteiger partial charge in [-0.2, -0.15) is 0 Å². The lowest BCUT2D eigenvalue weighted by molar-refractivity contribution is 0.0950. The first-order chi connectivity index (χ1) is 12.5. The quantitative estimate of drug-likeness (QED) is 0.743. The third-order valence-electron chi connectivity index (χ3n) is 4.29. The number of nitrogens with zero attached hydrogens (tertiary/aromatic N) is 4. The molecular weight excluding hydrogens is 354 g/mol. The van der Waals surface area contributed by atoms with Gasteiger partial charge in [-0.25, -0.2) is 8.42 Å². The number of pyridine rings is 1. The zero-order valence-electron chi connectivity index (χ0n) is 13.9. The fourth-order valence-corrected chi connectivity index (χ4v) is 4.56. The minimum Gasteiger partial charge on any atom is -0.345 e. The summed E-state index contributed by atoms with van der Waals surface area (Å²) in [5.74, 6) is 0.465. The molecule has 0 bridgehead atoms. The Labute approximate surface area is 150 Å². The van der Waals surface area contributed by atoms with Crippen molar-refractivity contribution in [2.24, 2.45) is 0 Å². The van der Waals surface area contributed by atoms with Crippen LogP contribution in [0.1, 0.15) is 22.6 Å². The van der Waals surface area contributed by atoms with Crippen molar-refractivity contribution in [2.75, 3.05) is 16.6 Å². The summed E-state index contributed by atoms with van der Waals surface area (Å²) in [6.07, 6.45) is 2.42. The van der Waals surface area contributed by atoms with E-state index < -0.39 is 10.0 Å². The van der Waals surface area contributed by atoms with E-state index in [2.05, 4.69) is 15.5 Å². The van der Waals surface area contributed by atoms with Crippen molar-refractivity contribution in [3.63, 3.8) is 0 Å². The normalized spacial score (nSPS) is 16.1. The standard InChI is InChI=1S/C17H17N5O3S/c23-17(18-12-16-20-19-15-7-1-2-8-21(15)16)13-5-3-6-14(11-13)22-9-4-10-26(22,24)25/h1-3,5-8,11H,4,9-10,12H2,(H,18,23). The van der Waals surface area contributed by atoms with Crippen molar-refractivity contribution in [1.82, 2.24) is 19.9 Å². The van der Waals surface area contributed by atoms with Gasteiger partial charge in [0.05, 0.1) is 18.0 Å². The second kappa shape index (κ2) is 6.41. The van der Waals surface area contributed by atoms with Gasteiger partial charge in [0.25, 0.3) is 5.91 Å². The molecule has 134 valence electrons. The fraction of sp³-hybridized carbons (Fsp3) is 0.235. The number of rotatable bonds is 4. The molecule has 3 heterocycles. The number of fused-ring (bicyclic) bond motifs is 1. The predicted octanol–water partition coefficient (Wildman–Crippen LogP) is 1.20. The molecule has 1 amide bonds. The molecule has 1 aliphatic heterocycles. The molecule has 0 aliphatic carbocycles. The largest absolute Gasteiger partial charge is 0.345 e. The van der Waals surface area contributed by atoms with Crippen molar-refractivity contribution in [1.29, 1.82) is 0 Å². The van der Waals surface area contributed by atoms with E-state index in [0.717, 1.165) is 0 Å². The van der Waals surface area contributed by atoms with Crippen LogP contribution in [0.4, 0.5) is 5.69 Å². The SMILES string of the molecule is O=C(NCc1nnc2ccccn12)c1cccc(N2CCCS2(=O)=O)c1. The minimum absolute atomic E-state index is 0.142. The highest BCUT2D eigenvalue weighted by Crippen LogP contribution is 2.24. The van der Waals surface area contributed by atoms with Crippen molar-refractivity contribution < 1.29 is 13.2 Å². The molecule has 4 rings (SSSR count). The Morgan fingerprint density at radius 3 is 2.85 bits per heavy atom. The number of carbonyl (C=O) groups is 1. The zero-order valence-corrected chi connectivity index (χ0v) is 14.7. The Kier molecular flexibility index (Phi) is 4.08. The average Bonchev–Trinajstić information content (AvgIpc) is 3.22. The lowest BCUT2D eigenvalue weighted by Crippen LogP contribution is -2.27. The molecule has 0 saturated carbocycles. The Hall–Kier alpha value is -2.94. The van der Waals surface area contributed by atoms with E-state index in [1.165, 1.54) is 4.31 Å². The van der Waals surface area contributed by atoms with E-state index in [0.29, 0.717) is 35.7 Å². The maximum absolute atomic E-state index is 12.5. The summed E-state index contributed by atoms with van der Waals surface area (Å²) >= 11 is 0. The average molecular weight is 371 g/mol. The van der Waals surface area contributed by atoms with Gasteiger partial charge in [-0.05, 0) is 36.8 Å². The summed E-state index contributed by atoms with van der Waals surface area (Å²) in [5.41, 5.74) is 1.62. The van der Waals surface area contributed by atoms with Crippen LogP contribution >= 0.6 is 0 Å². The maximum atomic E-state index is 12.5. The molecule has 1 aliphatic rings. The van der Waals surface area contributed by atoms with Crippen molar-refractivity contribution in [3.8, 4) is 0 Å². The van der Waals surface area contributed by atoms with Gasteiger partial charge in [-0.3, -0.25) is 13.5 Å². The first kappa shape index (κ1) is 16.5. The van der Waals surface area contributed by atoms with Crippen molar-refractivity contribution in [2.45, 2.75) is 13.0 Å². The molecule has 0 spiro atoms. The van der Waals surface area contributed by atoms with Crippen LogP contribution in [0, 0.1) is 0 Å². The number of hydrogen-bond acceptors (Lipinski definition) is 5. The zero-order chi connectivity index (χ0) is 18.1. The number of aromatic nitrogens is 3. The van der Waals surface area contributed by atoms with Gasteiger partial charge in [0.1, 0.15) is 0 Å². The van der Waals surface area contributed by atoms with Crippen LogP contribution in [0.15, 0.2) is 48.7 Å². The highest BCUT2D eigenvalue weighted by atomic mass is 32.2. The van der Waals surface area contributed by atoms with Crippen LogP contribution < -0.4 is 9.62 Å². The highest BCUT2D eigenvalue weighted by Gasteiger charge is 2.28. The van der Waals surface area contributed by atoms with Crippen LogP contribution in [0.25, 0.3) is 5.65 Å². The van der Waals surface area contributed by atoms with E-state index in [9.17, 15) is 13.2 Å². The van der Waals surface area contributed by atoms with E-state index in [1.807, 2.05) is 24.4 Å². The van der Waals surface area contributed by atoms with Crippen LogP contribution in [0.2, 0.25) is 0 Å². The van der Waals surface area contributed by atoms with Crippen molar-refractivity contribution in [3.05, 3.63) is 60.0 Å². The minimum atomic E-state index is -3.27. The molecule has 0 radical (unpaired) electrons. The molecule has 1 N–H and O–H groups in total. The molecule has 1 aromatic carbocycles. The van der Waals surface area contributed by atoms with Gasteiger partial charge in [-0.1, -0.05) is 12.1 Å². The van der Waals surface area contributed by atoms with E-state index in [-0.39, 0.29) is 18.2 Å². The number of nitrogens with one attached hydrogen (secondary N) is 1. The van der Waals surface area contributed by atoms with Gasteiger partial charge in [0.2, 0.25) is 10.0 Å². The second-order valence-electron chi connectivity index (χ2n) is 6.02. The predicted molar refractivity (Wildman–Crippen MR) is 96.3 cm³/mol. The molecule has 1 saturated heterocycles. The highest BCUT2D eigenvalue weighted by molar-refractivity contribution is 7.93. The Morgan fingerprint density at radius 1 is 1.15 bits per heavy atom. The third kappa shape index (κ3) is 3.01. The molecule has 0 unspecified atom stereocenters. The van der Waals surface area contributed by atoms with Crippen LogP contribution in [-0.4, -0.2) is 41.2 Å². The molecule has 0 atom stereocenters.